The Morgan fingerprint density at radius 2 is 1.68 bits per heavy atom. The molecule has 1 heterocycles. The number of ether oxygens (including phenoxy) is 2. The molecule has 156 valence electrons. The van der Waals surface area contributed by atoms with E-state index in [-0.39, 0.29) is 5.57 Å². The first-order valence-electron chi connectivity index (χ1n) is 9.84. The summed E-state index contributed by atoms with van der Waals surface area (Å²) in [6, 6.07) is 22.5. The van der Waals surface area contributed by atoms with Gasteiger partial charge in [0.05, 0.1) is 12.8 Å². The Morgan fingerprint density at radius 1 is 0.935 bits per heavy atom. The number of carbonyl (C=O) groups excluding carboxylic acids is 2. The molecule has 0 bridgehead atoms. The van der Waals surface area contributed by atoms with E-state index in [9.17, 15) is 9.59 Å². The van der Waals surface area contributed by atoms with Crippen molar-refractivity contribution in [2.24, 2.45) is 0 Å². The number of carbonyl (C=O) groups is 2. The lowest BCUT2D eigenvalue weighted by atomic mass is 10.1. The quantitative estimate of drug-likeness (QED) is 0.488. The molecular formula is C25H22N2O4. The molecule has 6 nitrogen and oxygen atoms in total. The molecule has 1 saturated heterocycles. The van der Waals surface area contributed by atoms with Crippen molar-refractivity contribution in [3.63, 3.8) is 0 Å². The Kier molecular flexibility index (Phi) is 5.71. The Morgan fingerprint density at radius 3 is 2.39 bits per heavy atom. The Hall–Kier alpha value is -4.06. The van der Waals surface area contributed by atoms with Crippen molar-refractivity contribution in [1.29, 1.82) is 0 Å². The number of benzene rings is 3. The zero-order chi connectivity index (χ0) is 21.8. The van der Waals surface area contributed by atoms with Gasteiger partial charge in [0.25, 0.3) is 11.8 Å². The predicted molar refractivity (Wildman–Crippen MR) is 119 cm³/mol. The van der Waals surface area contributed by atoms with E-state index in [4.69, 9.17) is 9.47 Å². The monoisotopic (exact) mass is 414 g/mol. The van der Waals surface area contributed by atoms with E-state index in [1.807, 2.05) is 49.4 Å². The highest BCUT2D eigenvalue weighted by molar-refractivity contribution is 6.31. The first kappa shape index (κ1) is 20.2. The smallest absolute Gasteiger partial charge is 0.282 e. The lowest BCUT2D eigenvalue weighted by Gasteiger charge is -2.14. The van der Waals surface area contributed by atoms with Gasteiger partial charge in [0.2, 0.25) is 0 Å². The number of nitrogens with zero attached hydrogens (tertiary/aromatic N) is 1. The molecule has 6 heteroatoms. The second-order valence-corrected chi connectivity index (χ2v) is 7.16. The number of methoxy groups -OCH3 is 1. The van der Waals surface area contributed by atoms with Gasteiger partial charge in [-0.2, -0.15) is 0 Å². The minimum absolute atomic E-state index is 0.0561. The summed E-state index contributed by atoms with van der Waals surface area (Å²) in [6.07, 6.45) is 1.55. The van der Waals surface area contributed by atoms with Crippen molar-refractivity contribution in [1.82, 2.24) is 5.43 Å². The van der Waals surface area contributed by atoms with Gasteiger partial charge in [0, 0.05) is 0 Å². The fraction of sp³-hybridized carbons (Fsp3) is 0.120. The predicted octanol–water partition coefficient (Wildman–Crippen LogP) is 4.04. The van der Waals surface area contributed by atoms with Crippen molar-refractivity contribution >= 4 is 23.6 Å². The number of anilines is 1. The SMILES string of the molecule is COc1cc(/C=C2\C(=O)NN(c3ccc(C)cc3)C2=O)ccc1OCc1ccccc1. The molecule has 0 aromatic heterocycles. The zero-order valence-electron chi connectivity index (χ0n) is 17.3. The molecule has 0 radical (unpaired) electrons. The fourth-order valence-corrected chi connectivity index (χ4v) is 3.23. The van der Waals surface area contributed by atoms with Crippen LogP contribution in [0.1, 0.15) is 16.7 Å². The van der Waals surface area contributed by atoms with E-state index in [1.54, 1.807) is 43.5 Å². The van der Waals surface area contributed by atoms with Crippen molar-refractivity contribution < 1.29 is 19.1 Å². The summed E-state index contributed by atoms with van der Waals surface area (Å²) in [6.45, 7) is 2.37. The number of hydrogen-bond acceptors (Lipinski definition) is 4. The molecule has 1 aliphatic heterocycles. The van der Waals surface area contributed by atoms with Crippen LogP contribution in [0.25, 0.3) is 6.08 Å². The second-order valence-electron chi connectivity index (χ2n) is 7.16. The van der Waals surface area contributed by atoms with E-state index >= 15 is 0 Å². The summed E-state index contributed by atoms with van der Waals surface area (Å²) < 4.78 is 11.3. The zero-order valence-corrected chi connectivity index (χ0v) is 17.3. The van der Waals surface area contributed by atoms with Crippen molar-refractivity contribution in [3.8, 4) is 11.5 Å². The fourth-order valence-electron chi connectivity index (χ4n) is 3.23. The number of hydrogen-bond donors (Lipinski definition) is 1. The molecular weight excluding hydrogens is 392 g/mol. The van der Waals surface area contributed by atoms with Gasteiger partial charge in [-0.25, -0.2) is 5.01 Å². The van der Waals surface area contributed by atoms with Gasteiger partial charge in [0.1, 0.15) is 12.2 Å². The second kappa shape index (κ2) is 8.75. The topological polar surface area (TPSA) is 67.9 Å². The van der Waals surface area contributed by atoms with Crippen LogP contribution in [0.4, 0.5) is 5.69 Å². The number of nitrogens with one attached hydrogen (secondary N) is 1. The standard InChI is InChI=1S/C25H22N2O4/c1-17-8-11-20(12-9-17)27-25(29)21(24(28)26-27)14-19-10-13-22(23(15-19)30-2)31-16-18-6-4-3-5-7-18/h3-15H,16H2,1-2H3,(H,26,28)/b21-14+. The van der Waals surface area contributed by atoms with E-state index < -0.39 is 11.8 Å². The van der Waals surface area contributed by atoms with E-state index in [0.29, 0.717) is 29.4 Å². The van der Waals surface area contributed by atoms with Crippen LogP contribution in [0.15, 0.2) is 78.4 Å². The molecule has 0 unspecified atom stereocenters. The van der Waals surface area contributed by atoms with Gasteiger partial charge >= 0.3 is 0 Å². The first-order chi connectivity index (χ1) is 15.0. The van der Waals surface area contributed by atoms with E-state index in [1.165, 1.54) is 5.01 Å². The highest BCUT2D eigenvalue weighted by Crippen LogP contribution is 2.30. The minimum Gasteiger partial charge on any atom is -0.493 e. The number of aryl methyl sites for hydroxylation is 1. The van der Waals surface area contributed by atoms with E-state index in [0.717, 1.165) is 11.1 Å². The first-order valence-corrected chi connectivity index (χ1v) is 9.84. The summed E-state index contributed by atoms with van der Waals surface area (Å²) in [5.74, 6) is 0.245. The van der Waals surface area contributed by atoms with Crippen LogP contribution in [0, 0.1) is 6.92 Å². The molecule has 4 rings (SSSR count). The summed E-state index contributed by atoms with van der Waals surface area (Å²) in [5, 5.41) is 1.25. The largest absolute Gasteiger partial charge is 0.493 e. The molecule has 0 spiro atoms. The van der Waals surface area contributed by atoms with Crippen molar-refractivity contribution in [3.05, 3.63) is 95.1 Å². The van der Waals surface area contributed by atoms with Crippen LogP contribution in [0.2, 0.25) is 0 Å². The van der Waals surface area contributed by atoms with Crippen LogP contribution in [-0.4, -0.2) is 18.9 Å². The van der Waals surface area contributed by atoms with Crippen molar-refractivity contribution in [2.75, 3.05) is 12.1 Å². The molecule has 3 aromatic carbocycles. The molecule has 31 heavy (non-hydrogen) atoms. The maximum absolute atomic E-state index is 12.8. The van der Waals surface area contributed by atoms with Gasteiger partial charge in [-0.15, -0.1) is 0 Å². The Labute approximate surface area is 180 Å². The summed E-state index contributed by atoms with van der Waals surface area (Å²) >= 11 is 0. The van der Waals surface area contributed by atoms with Gasteiger partial charge in [-0.3, -0.25) is 15.0 Å². The lowest BCUT2D eigenvalue weighted by Crippen LogP contribution is -2.35. The van der Waals surface area contributed by atoms with Gasteiger partial charge in [0.15, 0.2) is 11.5 Å². The van der Waals surface area contributed by atoms with Crippen LogP contribution in [-0.2, 0) is 16.2 Å². The maximum Gasteiger partial charge on any atom is 0.282 e. The number of hydrazine groups is 1. The minimum atomic E-state index is -0.450. The molecule has 0 aliphatic carbocycles. The third-order valence-electron chi connectivity index (χ3n) is 4.92. The summed E-state index contributed by atoms with van der Waals surface area (Å²) in [5.41, 5.74) is 6.04. The number of amides is 2. The average Bonchev–Trinajstić information content (AvgIpc) is 3.07. The third-order valence-corrected chi connectivity index (χ3v) is 4.92. The summed E-state index contributed by atoms with van der Waals surface area (Å²) in [7, 11) is 1.55. The Bertz CT molecular complexity index is 1140. The van der Waals surface area contributed by atoms with Gasteiger partial charge in [-0.05, 0) is 48.4 Å². The molecule has 0 atom stereocenters. The highest BCUT2D eigenvalue weighted by atomic mass is 16.5. The Balaban J connectivity index is 1.54. The van der Waals surface area contributed by atoms with Crippen LogP contribution < -0.4 is 19.9 Å². The molecule has 0 saturated carbocycles. The maximum atomic E-state index is 12.8. The lowest BCUT2D eigenvalue weighted by molar-refractivity contribution is -0.117. The van der Waals surface area contributed by atoms with E-state index in [2.05, 4.69) is 5.43 Å². The van der Waals surface area contributed by atoms with Crippen LogP contribution in [0.3, 0.4) is 0 Å². The van der Waals surface area contributed by atoms with Crippen LogP contribution in [0.5, 0.6) is 11.5 Å². The molecule has 1 aliphatic rings. The van der Waals surface area contributed by atoms with Crippen LogP contribution >= 0.6 is 0 Å². The molecule has 1 fully saturated rings. The normalized spacial score (nSPS) is 14.6. The third kappa shape index (κ3) is 4.43. The molecule has 1 N–H and O–H groups in total. The van der Waals surface area contributed by atoms with Crippen molar-refractivity contribution in [2.45, 2.75) is 13.5 Å². The van der Waals surface area contributed by atoms with Gasteiger partial charge < -0.3 is 9.47 Å². The molecule has 3 aromatic rings. The number of rotatable bonds is 6. The summed E-state index contributed by atoms with van der Waals surface area (Å²) in [4.78, 5) is 25.2. The van der Waals surface area contributed by atoms with Gasteiger partial charge in [-0.1, -0.05) is 54.1 Å². The average molecular weight is 414 g/mol. The highest BCUT2D eigenvalue weighted by Gasteiger charge is 2.34. The molecule has 2 amide bonds.